The van der Waals surface area contributed by atoms with E-state index in [1.54, 1.807) is 0 Å². The number of nitrogens with one attached hydrogen (secondary N) is 1. The highest BCUT2D eigenvalue weighted by Crippen LogP contribution is 2.56. The Morgan fingerprint density at radius 3 is 2.23 bits per heavy atom. The van der Waals surface area contributed by atoms with Crippen LogP contribution in [0.3, 0.4) is 0 Å². The summed E-state index contributed by atoms with van der Waals surface area (Å²) in [5.74, 6) is 1.10. The van der Waals surface area contributed by atoms with Gasteiger partial charge in [0.15, 0.2) is 0 Å². The van der Waals surface area contributed by atoms with Gasteiger partial charge < -0.3 is 5.32 Å². The lowest BCUT2D eigenvalue weighted by molar-refractivity contribution is 0.298. The molecular weight excluding hydrogens is 158 g/mol. The van der Waals surface area contributed by atoms with Crippen molar-refractivity contribution in [2.45, 2.75) is 57.4 Å². The summed E-state index contributed by atoms with van der Waals surface area (Å²) in [6, 6.07) is 0.916. The molecule has 0 radical (unpaired) electrons. The Labute approximate surface area is 81.3 Å². The Kier molecular flexibility index (Phi) is 1.90. The highest BCUT2D eigenvalue weighted by molar-refractivity contribution is 5.02. The molecule has 3 aliphatic carbocycles. The molecule has 1 N–H and O–H groups in total. The summed E-state index contributed by atoms with van der Waals surface area (Å²) in [6.07, 6.45) is 12.0. The molecule has 3 aliphatic rings. The molecule has 0 bridgehead atoms. The molecule has 0 aromatic carbocycles. The third-order valence-corrected chi connectivity index (χ3v) is 4.43. The van der Waals surface area contributed by atoms with E-state index in [2.05, 4.69) is 5.32 Å². The van der Waals surface area contributed by atoms with Crippen LogP contribution in [0.5, 0.6) is 0 Å². The van der Waals surface area contributed by atoms with Crippen molar-refractivity contribution in [3.63, 3.8) is 0 Å². The van der Waals surface area contributed by atoms with Crippen molar-refractivity contribution < 1.29 is 0 Å². The summed E-state index contributed by atoms with van der Waals surface area (Å²) < 4.78 is 0. The van der Waals surface area contributed by atoms with Gasteiger partial charge in [0.1, 0.15) is 0 Å². The van der Waals surface area contributed by atoms with Gasteiger partial charge in [-0.15, -0.1) is 0 Å². The molecule has 3 saturated carbocycles. The van der Waals surface area contributed by atoms with Crippen molar-refractivity contribution in [2.24, 2.45) is 11.3 Å². The molecule has 0 atom stereocenters. The lowest BCUT2D eigenvalue weighted by Crippen LogP contribution is -2.30. The Hall–Kier alpha value is -0.0400. The first-order valence-corrected chi connectivity index (χ1v) is 6.12. The topological polar surface area (TPSA) is 12.0 Å². The van der Waals surface area contributed by atoms with Crippen molar-refractivity contribution >= 4 is 0 Å². The van der Waals surface area contributed by atoms with Gasteiger partial charge in [0, 0.05) is 12.6 Å². The minimum Gasteiger partial charge on any atom is -0.313 e. The van der Waals surface area contributed by atoms with Crippen LogP contribution in [0.15, 0.2) is 0 Å². The van der Waals surface area contributed by atoms with Crippen LogP contribution in [0.1, 0.15) is 51.4 Å². The lowest BCUT2D eigenvalue weighted by Gasteiger charge is -2.23. The van der Waals surface area contributed by atoms with E-state index >= 15 is 0 Å². The summed E-state index contributed by atoms with van der Waals surface area (Å²) in [5, 5.41) is 3.74. The lowest BCUT2D eigenvalue weighted by atomic mass is 9.87. The average Bonchev–Trinajstić information content (AvgIpc) is 3.05. The maximum atomic E-state index is 3.74. The predicted molar refractivity (Wildman–Crippen MR) is 54.6 cm³/mol. The first-order valence-electron chi connectivity index (χ1n) is 6.12. The van der Waals surface area contributed by atoms with Crippen LogP contribution in [-0.2, 0) is 0 Å². The fourth-order valence-corrected chi connectivity index (χ4v) is 3.06. The molecule has 1 nitrogen and oxygen atoms in total. The first kappa shape index (κ1) is 8.28. The van der Waals surface area contributed by atoms with Crippen LogP contribution < -0.4 is 5.32 Å². The molecule has 0 aromatic heterocycles. The van der Waals surface area contributed by atoms with Gasteiger partial charge in [-0.05, 0) is 49.9 Å². The van der Waals surface area contributed by atoms with E-state index in [0.717, 1.165) is 17.4 Å². The largest absolute Gasteiger partial charge is 0.313 e. The van der Waals surface area contributed by atoms with Gasteiger partial charge in [0.2, 0.25) is 0 Å². The van der Waals surface area contributed by atoms with Gasteiger partial charge in [0.05, 0.1) is 0 Å². The second-order valence-electron chi connectivity index (χ2n) is 5.50. The first-order chi connectivity index (χ1) is 6.39. The Morgan fingerprint density at radius 1 is 1.00 bits per heavy atom. The zero-order valence-corrected chi connectivity index (χ0v) is 8.52. The maximum Gasteiger partial charge on any atom is 0.00684 e. The molecule has 0 saturated heterocycles. The SMILES string of the molecule is C1CCC(C2(CNC3CC3)CC2)C1. The highest BCUT2D eigenvalue weighted by atomic mass is 15.0. The molecule has 0 spiro atoms. The predicted octanol–water partition coefficient (Wildman–Crippen LogP) is 2.71. The van der Waals surface area contributed by atoms with E-state index in [1.165, 1.54) is 57.9 Å². The minimum atomic E-state index is 0.791. The fraction of sp³-hybridized carbons (Fsp3) is 1.00. The summed E-state index contributed by atoms with van der Waals surface area (Å²) in [4.78, 5) is 0. The Morgan fingerprint density at radius 2 is 1.69 bits per heavy atom. The van der Waals surface area contributed by atoms with E-state index < -0.39 is 0 Å². The molecule has 1 heteroatoms. The van der Waals surface area contributed by atoms with Gasteiger partial charge in [0.25, 0.3) is 0 Å². The Bertz CT molecular complexity index is 185. The zero-order valence-electron chi connectivity index (χ0n) is 8.52. The number of rotatable bonds is 4. The maximum absolute atomic E-state index is 3.74. The van der Waals surface area contributed by atoms with Crippen LogP contribution in [0.25, 0.3) is 0 Å². The molecular formula is C12H21N. The van der Waals surface area contributed by atoms with Gasteiger partial charge in [-0.1, -0.05) is 12.8 Å². The van der Waals surface area contributed by atoms with Crippen molar-refractivity contribution in [3.8, 4) is 0 Å². The van der Waals surface area contributed by atoms with Crippen LogP contribution in [0, 0.1) is 11.3 Å². The van der Waals surface area contributed by atoms with E-state index in [-0.39, 0.29) is 0 Å². The van der Waals surface area contributed by atoms with Crippen LogP contribution in [0.2, 0.25) is 0 Å². The zero-order chi connectivity index (χ0) is 8.73. The van der Waals surface area contributed by atoms with Crippen molar-refractivity contribution in [3.05, 3.63) is 0 Å². The van der Waals surface area contributed by atoms with Crippen molar-refractivity contribution in [1.29, 1.82) is 0 Å². The second kappa shape index (κ2) is 2.98. The van der Waals surface area contributed by atoms with Gasteiger partial charge in [-0.2, -0.15) is 0 Å². The summed E-state index contributed by atoms with van der Waals surface area (Å²) in [6.45, 7) is 1.35. The second-order valence-corrected chi connectivity index (χ2v) is 5.50. The van der Waals surface area contributed by atoms with Gasteiger partial charge in [-0.25, -0.2) is 0 Å². The molecule has 13 heavy (non-hydrogen) atoms. The quantitative estimate of drug-likeness (QED) is 0.699. The molecule has 3 rings (SSSR count). The summed E-state index contributed by atoms with van der Waals surface area (Å²) in [5.41, 5.74) is 0.791. The van der Waals surface area contributed by atoms with Crippen molar-refractivity contribution in [2.75, 3.05) is 6.54 Å². The monoisotopic (exact) mass is 179 g/mol. The molecule has 3 fully saturated rings. The number of hydrogen-bond acceptors (Lipinski definition) is 1. The van der Waals surface area contributed by atoms with Crippen LogP contribution >= 0.6 is 0 Å². The molecule has 0 heterocycles. The van der Waals surface area contributed by atoms with Gasteiger partial charge in [-0.3, -0.25) is 0 Å². The Balaban J connectivity index is 1.53. The third-order valence-electron chi connectivity index (χ3n) is 4.43. The molecule has 0 aromatic rings. The summed E-state index contributed by atoms with van der Waals surface area (Å²) in [7, 11) is 0. The summed E-state index contributed by atoms with van der Waals surface area (Å²) >= 11 is 0. The highest BCUT2D eigenvalue weighted by Gasteiger charge is 2.49. The van der Waals surface area contributed by atoms with E-state index in [0.29, 0.717) is 0 Å². The van der Waals surface area contributed by atoms with Crippen LogP contribution in [-0.4, -0.2) is 12.6 Å². The van der Waals surface area contributed by atoms with Crippen molar-refractivity contribution in [1.82, 2.24) is 5.32 Å². The standard InChI is InChI=1S/C12H21N/c1-2-4-10(3-1)12(7-8-12)9-13-11-5-6-11/h10-11,13H,1-9H2. The van der Waals surface area contributed by atoms with Crippen LogP contribution in [0.4, 0.5) is 0 Å². The normalized spacial score (nSPS) is 32.3. The fourth-order valence-electron chi connectivity index (χ4n) is 3.06. The third kappa shape index (κ3) is 1.63. The molecule has 0 unspecified atom stereocenters. The average molecular weight is 179 g/mol. The molecule has 74 valence electrons. The minimum absolute atomic E-state index is 0.791. The van der Waals surface area contributed by atoms with E-state index in [1.807, 2.05) is 0 Å². The smallest absolute Gasteiger partial charge is 0.00684 e. The molecule has 0 aliphatic heterocycles. The van der Waals surface area contributed by atoms with E-state index in [4.69, 9.17) is 0 Å². The van der Waals surface area contributed by atoms with Gasteiger partial charge >= 0.3 is 0 Å². The molecule has 0 amide bonds. The van der Waals surface area contributed by atoms with E-state index in [9.17, 15) is 0 Å². The number of hydrogen-bond donors (Lipinski definition) is 1.